The van der Waals surface area contributed by atoms with E-state index in [2.05, 4.69) is 25.3 Å². The van der Waals surface area contributed by atoms with Gasteiger partial charge in [0.25, 0.3) is 10.0 Å². The summed E-state index contributed by atoms with van der Waals surface area (Å²) in [5.41, 5.74) is 2.02. The van der Waals surface area contributed by atoms with E-state index in [1.54, 1.807) is 48.8 Å². The molecule has 11 heteroatoms. The number of carbonyl (C=O) groups is 1. The number of benzene rings is 1. The minimum absolute atomic E-state index is 0.0367. The van der Waals surface area contributed by atoms with E-state index in [9.17, 15) is 13.2 Å². The minimum Gasteiger partial charge on any atom is -0.480 e. The van der Waals surface area contributed by atoms with E-state index in [0.717, 1.165) is 11.1 Å². The highest BCUT2D eigenvalue weighted by Crippen LogP contribution is 2.21. The first-order chi connectivity index (χ1) is 16.9. The Labute approximate surface area is 202 Å². The molecule has 0 radical (unpaired) electrons. The number of pyridine rings is 2. The van der Waals surface area contributed by atoms with E-state index in [0.29, 0.717) is 17.3 Å². The molecule has 0 saturated carbocycles. The first kappa shape index (κ1) is 23.9. The van der Waals surface area contributed by atoms with Gasteiger partial charge in [-0.2, -0.15) is 4.31 Å². The zero-order valence-corrected chi connectivity index (χ0v) is 19.3. The molecule has 1 aromatic carbocycles. The van der Waals surface area contributed by atoms with Crippen LogP contribution in [0.4, 0.5) is 5.82 Å². The number of anilines is 1. The van der Waals surface area contributed by atoms with Gasteiger partial charge in [0, 0.05) is 30.7 Å². The molecule has 178 valence electrons. The second kappa shape index (κ2) is 10.8. The molecule has 4 aromatic rings. The maximum absolute atomic E-state index is 13.5. The molecule has 0 unspecified atom stereocenters. The van der Waals surface area contributed by atoms with Crippen molar-refractivity contribution in [2.45, 2.75) is 18.1 Å². The molecule has 0 saturated heterocycles. The lowest BCUT2D eigenvalue weighted by Crippen LogP contribution is -2.31. The zero-order valence-electron chi connectivity index (χ0n) is 18.5. The summed E-state index contributed by atoms with van der Waals surface area (Å²) in [5, 5.41) is 11.5. The summed E-state index contributed by atoms with van der Waals surface area (Å²) in [5.74, 6) is -0.111. The van der Waals surface area contributed by atoms with Crippen LogP contribution in [0.25, 0.3) is 11.4 Å². The maximum Gasteiger partial charge on any atom is 0.322 e. The Kier molecular flexibility index (Phi) is 7.38. The summed E-state index contributed by atoms with van der Waals surface area (Å²) in [6, 6.07) is 18.7. The predicted octanol–water partition coefficient (Wildman–Crippen LogP) is 2.82. The number of carboxylic acids is 1. The van der Waals surface area contributed by atoms with Crippen molar-refractivity contribution in [2.75, 3.05) is 11.9 Å². The van der Waals surface area contributed by atoms with Crippen LogP contribution in [0.3, 0.4) is 0 Å². The first-order valence-corrected chi connectivity index (χ1v) is 12.0. The highest BCUT2D eigenvalue weighted by Gasteiger charge is 2.26. The summed E-state index contributed by atoms with van der Waals surface area (Å²) in [7, 11) is -3.96. The molecule has 0 atom stereocenters. The normalized spacial score (nSPS) is 11.3. The first-order valence-electron chi connectivity index (χ1n) is 10.6. The van der Waals surface area contributed by atoms with Gasteiger partial charge in [0.2, 0.25) is 0 Å². The Balaban J connectivity index is 1.61. The maximum atomic E-state index is 13.5. The van der Waals surface area contributed by atoms with Gasteiger partial charge in [0.15, 0.2) is 10.9 Å². The van der Waals surface area contributed by atoms with Crippen molar-refractivity contribution in [3.8, 4) is 11.4 Å². The van der Waals surface area contributed by atoms with E-state index in [1.807, 2.05) is 24.3 Å². The molecule has 0 aliphatic heterocycles. The lowest BCUT2D eigenvalue weighted by Gasteiger charge is -2.22. The average Bonchev–Trinajstić information content (AvgIpc) is 2.89. The van der Waals surface area contributed by atoms with Crippen LogP contribution in [0.15, 0.2) is 90.3 Å². The van der Waals surface area contributed by atoms with Crippen LogP contribution in [-0.4, -0.2) is 50.3 Å². The number of carboxylic acid groups (broad SMARTS) is 1. The number of aliphatic carboxylic acids is 1. The quantitative estimate of drug-likeness (QED) is 0.343. The van der Waals surface area contributed by atoms with Crippen LogP contribution in [0.2, 0.25) is 0 Å². The largest absolute Gasteiger partial charge is 0.480 e. The van der Waals surface area contributed by atoms with Crippen LogP contribution >= 0.6 is 0 Å². The molecule has 35 heavy (non-hydrogen) atoms. The zero-order chi connectivity index (χ0) is 24.7. The molecule has 3 aromatic heterocycles. The summed E-state index contributed by atoms with van der Waals surface area (Å²) in [6.45, 7) is -0.266. The van der Waals surface area contributed by atoms with Gasteiger partial charge in [-0.15, -0.1) is 0 Å². The summed E-state index contributed by atoms with van der Waals surface area (Å²) in [4.78, 5) is 27.7. The third-order valence-corrected chi connectivity index (χ3v) is 6.65. The molecule has 0 fully saturated rings. The van der Waals surface area contributed by atoms with Gasteiger partial charge < -0.3 is 10.4 Å². The molecular weight excluding hydrogens is 468 g/mol. The van der Waals surface area contributed by atoms with Crippen LogP contribution < -0.4 is 5.32 Å². The van der Waals surface area contributed by atoms with Gasteiger partial charge in [-0.25, -0.2) is 28.4 Å². The fourth-order valence-corrected chi connectivity index (χ4v) is 4.61. The molecule has 0 amide bonds. The number of nitrogens with one attached hydrogen (secondary N) is 1. The molecule has 0 spiro atoms. The standard InChI is InChI=1S/C24H22N6O4S/c31-23(32)15-28-21-6-3-5-20(29-21)17-30(35(33,34)22-7-1-2-12-25-22)16-18-8-10-19(11-9-18)24-26-13-4-14-27-24/h1-14H,15-17H2,(H,28,29)(H,31,32). The number of aromatic nitrogens is 4. The van der Waals surface area contributed by atoms with Crippen molar-refractivity contribution in [1.82, 2.24) is 24.2 Å². The van der Waals surface area contributed by atoms with E-state index in [-0.39, 0.29) is 24.7 Å². The van der Waals surface area contributed by atoms with E-state index >= 15 is 0 Å². The van der Waals surface area contributed by atoms with Crippen LogP contribution in [0, 0.1) is 0 Å². The third kappa shape index (κ3) is 6.22. The van der Waals surface area contributed by atoms with Crippen LogP contribution in [0.5, 0.6) is 0 Å². The van der Waals surface area contributed by atoms with Gasteiger partial charge in [0.1, 0.15) is 12.4 Å². The predicted molar refractivity (Wildman–Crippen MR) is 129 cm³/mol. The van der Waals surface area contributed by atoms with Crippen molar-refractivity contribution < 1.29 is 18.3 Å². The SMILES string of the molecule is O=C(O)CNc1cccc(CN(Cc2ccc(-c3ncccn3)cc2)S(=O)(=O)c2ccccn2)n1. The van der Waals surface area contributed by atoms with Gasteiger partial charge in [-0.05, 0) is 35.9 Å². The van der Waals surface area contributed by atoms with Crippen molar-refractivity contribution in [3.05, 3.63) is 96.6 Å². The molecule has 0 aliphatic carbocycles. The number of nitrogens with zero attached hydrogens (tertiary/aromatic N) is 5. The summed E-state index contributed by atoms with van der Waals surface area (Å²) in [6.07, 6.45) is 4.74. The van der Waals surface area contributed by atoms with Gasteiger partial charge in [-0.3, -0.25) is 4.79 Å². The van der Waals surface area contributed by atoms with E-state index in [1.165, 1.54) is 16.6 Å². The van der Waals surface area contributed by atoms with Crippen molar-refractivity contribution in [3.63, 3.8) is 0 Å². The minimum atomic E-state index is -3.96. The second-order valence-corrected chi connectivity index (χ2v) is 9.36. The number of hydrogen-bond acceptors (Lipinski definition) is 8. The average molecular weight is 491 g/mol. The Hall–Kier alpha value is -4.22. The van der Waals surface area contributed by atoms with E-state index < -0.39 is 16.0 Å². The smallest absolute Gasteiger partial charge is 0.322 e. The fourth-order valence-electron chi connectivity index (χ4n) is 3.28. The lowest BCUT2D eigenvalue weighted by molar-refractivity contribution is -0.134. The summed E-state index contributed by atoms with van der Waals surface area (Å²) < 4.78 is 28.2. The molecule has 0 bridgehead atoms. The van der Waals surface area contributed by atoms with Gasteiger partial charge in [0.05, 0.1) is 12.2 Å². The molecule has 4 rings (SSSR count). The summed E-state index contributed by atoms with van der Waals surface area (Å²) >= 11 is 0. The van der Waals surface area contributed by atoms with Gasteiger partial charge >= 0.3 is 5.97 Å². The molecule has 3 heterocycles. The monoisotopic (exact) mass is 490 g/mol. The highest BCUT2D eigenvalue weighted by atomic mass is 32.2. The number of sulfonamides is 1. The highest BCUT2D eigenvalue weighted by molar-refractivity contribution is 7.89. The van der Waals surface area contributed by atoms with Crippen molar-refractivity contribution in [2.24, 2.45) is 0 Å². The number of rotatable bonds is 10. The molecule has 10 nitrogen and oxygen atoms in total. The fraction of sp³-hybridized carbons (Fsp3) is 0.125. The Bertz CT molecular complexity index is 1380. The Morgan fingerprint density at radius 2 is 1.60 bits per heavy atom. The van der Waals surface area contributed by atoms with Crippen molar-refractivity contribution in [1.29, 1.82) is 0 Å². The molecular formula is C24H22N6O4S. The van der Waals surface area contributed by atoms with Crippen LogP contribution in [0.1, 0.15) is 11.3 Å². The Morgan fingerprint density at radius 1 is 0.857 bits per heavy atom. The van der Waals surface area contributed by atoms with E-state index in [4.69, 9.17) is 5.11 Å². The number of hydrogen-bond donors (Lipinski definition) is 2. The van der Waals surface area contributed by atoms with Crippen molar-refractivity contribution >= 4 is 21.8 Å². The van der Waals surface area contributed by atoms with Gasteiger partial charge in [-0.1, -0.05) is 36.4 Å². The Morgan fingerprint density at radius 3 is 2.29 bits per heavy atom. The molecule has 2 N–H and O–H groups in total. The second-order valence-electron chi connectivity index (χ2n) is 7.47. The van der Waals surface area contributed by atoms with Crippen LogP contribution in [-0.2, 0) is 27.9 Å². The lowest BCUT2D eigenvalue weighted by atomic mass is 10.1. The third-order valence-electron chi connectivity index (χ3n) is 4.94. The molecule has 0 aliphatic rings. The topological polar surface area (TPSA) is 138 Å².